The Balaban J connectivity index is 2.57. The quantitative estimate of drug-likeness (QED) is 0.481. The summed E-state index contributed by atoms with van der Waals surface area (Å²) in [5.41, 5.74) is 1.26. The number of hydrogen-bond donors (Lipinski definition) is 0. The van der Waals surface area contributed by atoms with Crippen LogP contribution in [0.2, 0.25) is 0 Å². The van der Waals surface area contributed by atoms with E-state index in [1.54, 1.807) is 26.0 Å². The minimum absolute atomic E-state index is 0.0430. The number of rotatable bonds is 3. The van der Waals surface area contributed by atoms with Gasteiger partial charge in [0.2, 0.25) is 0 Å². The van der Waals surface area contributed by atoms with E-state index >= 15 is 0 Å². The van der Waals surface area contributed by atoms with Crippen LogP contribution in [-0.4, -0.2) is 22.5 Å². The van der Waals surface area contributed by atoms with Crippen LogP contribution in [-0.2, 0) is 4.74 Å². The lowest BCUT2D eigenvalue weighted by Gasteiger charge is -2.05. The Morgan fingerprint density at radius 1 is 1.42 bits per heavy atom. The zero-order valence-corrected chi connectivity index (χ0v) is 10.5. The number of carbonyl (C=O) groups excluding carboxylic acids is 1. The van der Waals surface area contributed by atoms with Crippen molar-refractivity contribution in [1.82, 2.24) is 4.98 Å². The number of pyridine rings is 1. The van der Waals surface area contributed by atoms with Crippen LogP contribution in [0, 0.1) is 17.0 Å². The third kappa shape index (κ3) is 2.52. The maximum atomic E-state index is 11.6. The van der Waals surface area contributed by atoms with Crippen molar-refractivity contribution >= 4 is 22.6 Å². The summed E-state index contributed by atoms with van der Waals surface area (Å²) in [5.74, 6) is -0.534. The highest BCUT2D eigenvalue weighted by molar-refractivity contribution is 5.92. The normalized spacial score (nSPS) is 10.4. The number of fused-ring (bicyclic) bond motifs is 1. The monoisotopic (exact) mass is 260 g/mol. The van der Waals surface area contributed by atoms with Gasteiger partial charge in [0.05, 0.1) is 17.0 Å². The van der Waals surface area contributed by atoms with Crippen LogP contribution < -0.4 is 0 Å². The topological polar surface area (TPSA) is 82.3 Å². The van der Waals surface area contributed by atoms with Gasteiger partial charge in [-0.25, -0.2) is 9.78 Å². The molecule has 0 unspecified atom stereocenters. The fourth-order valence-electron chi connectivity index (χ4n) is 1.82. The molecule has 19 heavy (non-hydrogen) atoms. The van der Waals surface area contributed by atoms with Crippen molar-refractivity contribution in [3.63, 3.8) is 0 Å². The Morgan fingerprint density at radius 2 is 2.16 bits per heavy atom. The summed E-state index contributed by atoms with van der Waals surface area (Å²) in [6.45, 7) is 3.72. The highest BCUT2D eigenvalue weighted by atomic mass is 16.6. The minimum Gasteiger partial charge on any atom is -0.461 e. The molecule has 0 aliphatic rings. The number of ether oxygens (including phenoxy) is 1. The van der Waals surface area contributed by atoms with Crippen molar-refractivity contribution in [3.05, 3.63) is 45.6 Å². The van der Waals surface area contributed by atoms with Crippen LogP contribution in [0.1, 0.15) is 23.0 Å². The second kappa shape index (κ2) is 5.01. The second-order valence-corrected chi connectivity index (χ2v) is 4.00. The zero-order chi connectivity index (χ0) is 14.0. The van der Waals surface area contributed by atoms with Gasteiger partial charge in [-0.3, -0.25) is 10.1 Å². The van der Waals surface area contributed by atoms with Gasteiger partial charge in [-0.1, -0.05) is 6.07 Å². The number of hydrogen-bond acceptors (Lipinski definition) is 5. The first-order valence-electron chi connectivity index (χ1n) is 5.76. The number of carbonyl (C=O) groups is 1. The fourth-order valence-corrected chi connectivity index (χ4v) is 1.82. The van der Waals surface area contributed by atoms with E-state index in [-0.39, 0.29) is 18.0 Å². The Labute approximate surface area is 109 Å². The van der Waals surface area contributed by atoms with E-state index in [9.17, 15) is 14.9 Å². The molecule has 2 rings (SSSR count). The van der Waals surface area contributed by atoms with Gasteiger partial charge in [0.1, 0.15) is 5.69 Å². The third-order valence-corrected chi connectivity index (χ3v) is 2.69. The molecule has 0 aliphatic carbocycles. The summed E-state index contributed by atoms with van der Waals surface area (Å²) < 4.78 is 4.85. The maximum absolute atomic E-state index is 11.6. The SMILES string of the molecule is CCOC(=O)c1ccc2c(C)cc([N+](=O)[O-])cc2n1. The molecule has 2 aromatic rings. The van der Waals surface area contributed by atoms with Gasteiger partial charge in [-0.15, -0.1) is 0 Å². The first-order chi connectivity index (χ1) is 9.02. The molecule has 0 bridgehead atoms. The number of nitrogens with zero attached hydrogens (tertiary/aromatic N) is 2. The van der Waals surface area contributed by atoms with Crippen molar-refractivity contribution < 1.29 is 14.5 Å². The molecule has 0 fully saturated rings. The molecule has 98 valence electrons. The lowest BCUT2D eigenvalue weighted by Crippen LogP contribution is -2.07. The lowest BCUT2D eigenvalue weighted by molar-refractivity contribution is -0.384. The van der Waals surface area contributed by atoms with Gasteiger partial charge in [0.15, 0.2) is 0 Å². The number of nitro benzene ring substituents is 1. The Bertz CT molecular complexity index is 667. The molecule has 0 saturated carbocycles. The molecule has 1 heterocycles. The third-order valence-electron chi connectivity index (χ3n) is 2.69. The van der Waals surface area contributed by atoms with Gasteiger partial charge >= 0.3 is 5.97 Å². The van der Waals surface area contributed by atoms with Crippen molar-refractivity contribution in [2.24, 2.45) is 0 Å². The molecule has 6 nitrogen and oxygen atoms in total. The molecule has 0 radical (unpaired) electrons. The minimum atomic E-state index is -0.534. The number of benzene rings is 1. The van der Waals surface area contributed by atoms with Crippen LogP contribution >= 0.6 is 0 Å². The second-order valence-electron chi connectivity index (χ2n) is 4.00. The van der Waals surface area contributed by atoms with Crippen molar-refractivity contribution in [3.8, 4) is 0 Å². The van der Waals surface area contributed by atoms with Crippen LogP contribution in [0.3, 0.4) is 0 Å². The van der Waals surface area contributed by atoms with E-state index in [0.29, 0.717) is 5.52 Å². The van der Waals surface area contributed by atoms with Crippen molar-refractivity contribution in [2.45, 2.75) is 13.8 Å². The number of aromatic nitrogens is 1. The van der Waals surface area contributed by atoms with Crippen LogP contribution in [0.5, 0.6) is 0 Å². The molecule has 0 aliphatic heterocycles. The number of aryl methyl sites for hydroxylation is 1. The van der Waals surface area contributed by atoms with Gasteiger partial charge in [0, 0.05) is 17.5 Å². The van der Waals surface area contributed by atoms with Crippen molar-refractivity contribution in [1.29, 1.82) is 0 Å². The van der Waals surface area contributed by atoms with Gasteiger partial charge in [0.25, 0.3) is 5.69 Å². The molecule has 1 aromatic heterocycles. The van der Waals surface area contributed by atoms with Crippen LogP contribution in [0.15, 0.2) is 24.3 Å². The Hall–Kier alpha value is -2.50. The van der Waals surface area contributed by atoms with E-state index in [0.717, 1.165) is 10.9 Å². The smallest absolute Gasteiger partial charge is 0.356 e. The molecular weight excluding hydrogens is 248 g/mol. The highest BCUT2D eigenvalue weighted by Crippen LogP contribution is 2.24. The molecule has 0 N–H and O–H groups in total. The standard InChI is InChI=1S/C13H12N2O4/c1-3-19-13(16)11-5-4-10-8(2)6-9(15(17)18)7-12(10)14-11/h4-7H,3H2,1-2H3. The zero-order valence-electron chi connectivity index (χ0n) is 10.5. The average molecular weight is 260 g/mol. The number of esters is 1. The van der Waals surface area contributed by atoms with E-state index in [4.69, 9.17) is 4.74 Å². The molecule has 0 amide bonds. The first-order valence-corrected chi connectivity index (χ1v) is 5.76. The average Bonchev–Trinajstić information content (AvgIpc) is 2.38. The van der Waals surface area contributed by atoms with E-state index < -0.39 is 10.9 Å². The van der Waals surface area contributed by atoms with E-state index in [1.807, 2.05) is 0 Å². The summed E-state index contributed by atoms with van der Waals surface area (Å²) in [4.78, 5) is 26.0. The fraction of sp³-hybridized carbons (Fsp3) is 0.231. The molecule has 0 atom stereocenters. The molecule has 1 aromatic carbocycles. The number of non-ortho nitro benzene ring substituents is 1. The van der Waals surface area contributed by atoms with Crippen molar-refractivity contribution in [2.75, 3.05) is 6.61 Å². The maximum Gasteiger partial charge on any atom is 0.356 e. The van der Waals surface area contributed by atoms with Gasteiger partial charge in [-0.05, 0) is 25.5 Å². The Kier molecular flexibility index (Phi) is 3.41. The Morgan fingerprint density at radius 3 is 2.79 bits per heavy atom. The summed E-state index contributed by atoms with van der Waals surface area (Å²) in [7, 11) is 0. The summed E-state index contributed by atoms with van der Waals surface area (Å²) >= 11 is 0. The highest BCUT2D eigenvalue weighted by Gasteiger charge is 2.13. The lowest BCUT2D eigenvalue weighted by atomic mass is 10.1. The molecule has 6 heteroatoms. The summed E-state index contributed by atoms with van der Waals surface area (Å²) in [6.07, 6.45) is 0. The van der Waals surface area contributed by atoms with Gasteiger partial charge < -0.3 is 4.74 Å². The summed E-state index contributed by atoms with van der Waals surface area (Å²) in [5, 5.41) is 11.6. The number of nitro groups is 1. The van der Waals surface area contributed by atoms with E-state index in [2.05, 4.69) is 4.98 Å². The largest absolute Gasteiger partial charge is 0.461 e. The molecule has 0 spiro atoms. The summed E-state index contributed by atoms with van der Waals surface area (Å²) in [6, 6.07) is 6.10. The van der Waals surface area contributed by atoms with Crippen LogP contribution in [0.25, 0.3) is 10.9 Å². The van der Waals surface area contributed by atoms with Gasteiger partial charge in [-0.2, -0.15) is 0 Å². The predicted octanol–water partition coefficient (Wildman–Crippen LogP) is 2.63. The van der Waals surface area contributed by atoms with E-state index in [1.165, 1.54) is 12.1 Å². The first kappa shape index (κ1) is 12.9. The van der Waals surface area contributed by atoms with Crippen LogP contribution in [0.4, 0.5) is 5.69 Å². The predicted molar refractivity (Wildman–Crippen MR) is 69.1 cm³/mol. The molecular formula is C13H12N2O4. The molecule has 0 saturated heterocycles.